The Morgan fingerprint density at radius 1 is 1.04 bits per heavy atom. The van der Waals surface area contributed by atoms with E-state index in [0.717, 1.165) is 17.3 Å². The molecule has 2 aromatic rings. The van der Waals surface area contributed by atoms with Gasteiger partial charge in [-0.3, -0.25) is 9.98 Å². The fourth-order valence-corrected chi connectivity index (χ4v) is 2.71. The van der Waals surface area contributed by atoms with E-state index in [1.165, 1.54) is 26.0 Å². The predicted octanol–water partition coefficient (Wildman–Crippen LogP) is 4.56. The predicted molar refractivity (Wildman–Crippen MR) is 83.7 cm³/mol. The number of hydrogen-bond donors (Lipinski definition) is 0. The zero-order chi connectivity index (χ0) is 17.0. The van der Waals surface area contributed by atoms with E-state index in [0.29, 0.717) is 11.3 Å². The van der Waals surface area contributed by atoms with E-state index in [1.54, 1.807) is 6.20 Å². The van der Waals surface area contributed by atoms with E-state index in [4.69, 9.17) is 0 Å². The molecule has 23 heavy (non-hydrogen) atoms. The SMILES string of the molecule is Cc1cc(C2=NC(C)(C)C(F)(F)c3cc(F)ccc32)cnc1C. The molecule has 0 bridgehead atoms. The topological polar surface area (TPSA) is 25.2 Å². The lowest BCUT2D eigenvalue weighted by Gasteiger charge is -2.37. The second-order valence-electron chi connectivity index (χ2n) is 6.41. The number of rotatable bonds is 1. The van der Waals surface area contributed by atoms with Crippen LogP contribution in [-0.4, -0.2) is 16.2 Å². The Hall–Kier alpha value is -2.17. The summed E-state index contributed by atoms with van der Waals surface area (Å²) in [5, 5.41) is 0. The molecule has 1 aliphatic heterocycles. The van der Waals surface area contributed by atoms with Crippen LogP contribution in [0.1, 0.15) is 41.8 Å². The molecule has 0 N–H and O–H groups in total. The molecule has 0 atom stereocenters. The van der Waals surface area contributed by atoms with Gasteiger partial charge in [-0.1, -0.05) is 0 Å². The van der Waals surface area contributed by atoms with Gasteiger partial charge >= 0.3 is 0 Å². The van der Waals surface area contributed by atoms with Crippen LogP contribution >= 0.6 is 0 Å². The van der Waals surface area contributed by atoms with Crippen molar-refractivity contribution in [3.63, 3.8) is 0 Å². The molecule has 2 heterocycles. The molecule has 1 aliphatic rings. The molecule has 0 radical (unpaired) electrons. The lowest BCUT2D eigenvalue weighted by Crippen LogP contribution is -2.44. The van der Waals surface area contributed by atoms with Gasteiger partial charge in [0.05, 0.1) is 5.71 Å². The molecule has 1 aromatic heterocycles. The Morgan fingerprint density at radius 2 is 1.74 bits per heavy atom. The average Bonchev–Trinajstić information content (AvgIpc) is 2.47. The molecule has 2 nitrogen and oxygen atoms in total. The highest BCUT2D eigenvalue weighted by Crippen LogP contribution is 2.46. The van der Waals surface area contributed by atoms with Crippen LogP contribution in [0.25, 0.3) is 0 Å². The molecule has 1 aromatic carbocycles. The zero-order valence-corrected chi connectivity index (χ0v) is 13.4. The van der Waals surface area contributed by atoms with Gasteiger partial charge in [0.25, 0.3) is 5.92 Å². The third-order valence-corrected chi connectivity index (χ3v) is 4.35. The van der Waals surface area contributed by atoms with E-state index >= 15 is 0 Å². The minimum atomic E-state index is -3.25. The van der Waals surface area contributed by atoms with E-state index < -0.39 is 17.3 Å². The van der Waals surface area contributed by atoms with Crippen LogP contribution < -0.4 is 0 Å². The number of aryl methyl sites for hydroxylation is 2. The van der Waals surface area contributed by atoms with Crippen LogP contribution in [0.2, 0.25) is 0 Å². The Morgan fingerprint density at radius 3 is 2.39 bits per heavy atom. The van der Waals surface area contributed by atoms with E-state index in [9.17, 15) is 13.2 Å². The third-order valence-electron chi connectivity index (χ3n) is 4.35. The molecule has 0 saturated carbocycles. The minimum Gasteiger partial charge on any atom is -0.271 e. The van der Waals surface area contributed by atoms with Gasteiger partial charge in [-0.25, -0.2) is 4.39 Å². The van der Waals surface area contributed by atoms with Gasteiger partial charge in [0.2, 0.25) is 0 Å². The number of pyridine rings is 1. The van der Waals surface area contributed by atoms with Crippen molar-refractivity contribution in [2.45, 2.75) is 39.2 Å². The number of nitrogens with zero attached hydrogens (tertiary/aromatic N) is 2. The molecule has 0 aliphatic carbocycles. The number of halogens is 3. The lowest BCUT2D eigenvalue weighted by atomic mass is 9.81. The monoisotopic (exact) mass is 318 g/mol. The first-order valence-corrected chi connectivity index (χ1v) is 7.35. The fourth-order valence-electron chi connectivity index (χ4n) is 2.71. The maximum atomic E-state index is 14.7. The fraction of sp³-hybridized carbons (Fsp3) is 0.333. The summed E-state index contributed by atoms with van der Waals surface area (Å²) in [6, 6.07) is 5.31. The van der Waals surface area contributed by atoms with Crippen molar-refractivity contribution in [1.82, 2.24) is 4.98 Å². The van der Waals surface area contributed by atoms with Crippen molar-refractivity contribution in [2.24, 2.45) is 4.99 Å². The van der Waals surface area contributed by atoms with Crippen LogP contribution in [0, 0.1) is 19.7 Å². The maximum absolute atomic E-state index is 14.7. The van der Waals surface area contributed by atoms with Gasteiger partial charge < -0.3 is 0 Å². The largest absolute Gasteiger partial charge is 0.298 e. The average molecular weight is 318 g/mol. The van der Waals surface area contributed by atoms with Crippen molar-refractivity contribution < 1.29 is 13.2 Å². The molecule has 0 spiro atoms. The third kappa shape index (κ3) is 2.35. The maximum Gasteiger partial charge on any atom is 0.298 e. The van der Waals surface area contributed by atoms with Crippen molar-refractivity contribution in [2.75, 3.05) is 0 Å². The molecule has 120 valence electrons. The van der Waals surface area contributed by atoms with E-state index in [2.05, 4.69) is 9.98 Å². The lowest BCUT2D eigenvalue weighted by molar-refractivity contribution is -0.0684. The molecule has 0 unspecified atom stereocenters. The number of alkyl halides is 2. The Kier molecular flexibility index (Phi) is 3.36. The number of benzene rings is 1. The smallest absolute Gasteiger partial charge is 0.271 e. The summed E-state index contributed by atoms with van der Waals surface area (Å²) in [7, 11) is 0. The van der Waals surface area contributed by atoms with Crippen LogP contribution in [0.4, 0.5) is 13.2 Å². The van der Waals surface area contributed by atoms with Crippen molar-refractivity contribution >= 4 is 5.71 Å². The normalized spacial score (nSPS) is 18.3. The van der Waals surface area contributed by atoms with Crippen LogP contribution in [0.15, 0.2) is 35.5 Å². The highest BCUT2D eigenvalue weighted by Gasteiger charge is 2.52. The Bertz CT molecular complexity index is 823. The first kappa shape index (κ1) is 15.7. The van der Waals surface area contributed by atoms with Crippen molar-refractivity contribution in [1.29, 1.82) is 0 Å². The van der Waals surface area contributed by atoms with E-state index in [1.807, 2.05) is 19.9 Å². The summed E-state index contributed by atoms with van der Waals surface area (Å²) >= 11 is 0. The summed E-state index contributed by atoms with van der Waals surface area (Å²) in [6.07, 6.45) is 1.62. The summed E-state index contributed by atoms with van der Waals surface area (Å²) in [4.78, 5) is 8.57. The Labute approximate surface area is 133 Å². The first-order valence-electron chi connectivity index (χ1n) is 7.35. The number of hydrogen-bond acceptors (Lipinski definition) is 2. The van der Waals surface area contributed by atoms with Crippen molar-refractivity contribution in [3.8, 4) is 0 Å². The zero-order valence-electron chi connectivity index (χ0n) is 13.4. The van der Waals surface area contributed by atoms with Crippen molar-refractivity contribution in [3.05, 3.63) is 64.2 Å². The highest BCUT2D eigenvalue weighted by molar-refractivity contribution is 6.14. The second-order valence-corrected chi connectivity index (χ2v) is 6.41. The van der Waals surface area contributed by atoms with Gasteiger partial charge in [-0.05, 0) is 57.5 Å². The highest BCUT2D eigenvalue weighted by atomic mass is 19.3. The summed E-state index contributed by atoms with van der Waals surface area (Å²) in [5.41, 5.74) is 1.16. The molecule has 0 fully saturated rings. The Balaban J connectivity index is 2.29. The quantitative estimate of drug-likeness (QED) is 0.757. The molecule has 5 heteroatoms. The molecular formula is C18H17F3N2. The number of aromatic nitrogens is 1. The van der Waals surface area contributed by atoms with E-state index in [-0.39, 0.29) is 11.1 Å². The summed E-state index contributed by atoms with van der Waals surface area (Å²) < 4.78 is 42.9. The second kappa shape index (κ2) is 4.91. The van der Waals surface area contributed by atoms with Gasteiger partial charge in [-0.15, -0.1) is 0 Å². The molecule has 0 amide bonds. The van der Waals surface area contributed by atoms with Crippen LogP contribution in [0.3, 0.4) is 0 Å². The summed E-state index contributed by atoms with van der Waals surface area (Å²) in [5.74, 6) is -3.93. The van der Waals surface area contributed by atoms with Crippen LogP contribution in [-0.2, 0) is 5.92 Å². The van der Waals surface area contributed by atoms with Gasteiger partial charge in [0, 0.05) is 28.6 Å². The molecule has 0 saturated heterocycles. The number of fused-ring (bicyclic) bond motifs is 1. The summed E-state index contributed by atoms with van der Waals surface area (Å²) in [6.45, 7) is 6.49. The molecular weight excluding hydrogens is 301 g/mol. The minimum absolute atomic E-state index is 0.251. The number of aliphatic imine (C=N–C) groups is 1. The van der Waals surface area contributed by atoms with Gasteiger partial charge in [0.1, 0.15) is 11.4 Å². The van der Waals surface area contributed by atoms with Gasteiger partial charge in [0.15, 0.2) is 0 Å². The molecule has 3 rings (SSSR count). The standard InChI is InChI=1S/C18H17F3N2/c1-10-7-12(9-22-11(10)2)16-14-6-5-13(19)8-15(14)18(20,21)17(3,4)23-16/h5-9H,1-4H3. The first-order chi connectivity index (χ1) is 10.6. The van der Waals surface area contributed by atoms with Gasteiger partial charge in [-0.2, -0.15) is 8.78 Å². The van der Waals surface area contributed by atoms with Crippen LogP contribution in [0.5, 0.6) is 0 Å².